The Morgan fingerprint density at radius 2 is 1.58 bits per heavy atom. The standard InChI is InChI=1S/C18H22Cl2N2O4/c19-10-12-21(13-11-20)15-6-4-14(5-7-15)2-1-3-18(25)26-22-16(23)8-9-17(22)24/h4-9,23-24H,1-3,10-13H2. The largest absolute Gasteiger partial charge is 0.492 e. The van der Waals surface area contributed by atoms with Gasteiger partial charge < -0.3 is 20.0 Å². The van der Waals surface area contributed by atoms with E-state index in [2.05, 4.69) is 4.90 Å². The summed E-state index contributed by atoms with van der Waals surface area (Å²) >= 11 is 11.6. The fourth-order valence-electron chi connectivity index (χ4n) is 2.53. The minimum Gasteiger partial charge on any atom is -0.492 e. The maximum absolute atomic E-state index is 11.8. The third-order valence-corrected chi connectivity index (χ3v) is 4.19. The lowest BCUT2D eigenvalue weighted by Gasteiger charge is -2.23. The van der Waals surface area contributed by atoms with E-state index in [0.29, 0.717) is 29.3 Å². The highest BCUT2D eigenvalue weighted by Crippen LogP contribution is 2.19. The van der Waals surface area contributed by atoms with Crippen molar-refractivity contribution < 1.29 is 19.8 Å². The quantitative estimate of drug-likeness (QED) is 0.599. The van der Waals surface area contributed by atoms with Crippen LogP contribution in [-0.2, 0) is 11.2 Å². The molecule has 0 unspecified atom stereocenters. The molecular weight excluding hydrogens is 379 g/mol. The number of hydrogen-bond acceptors (Lipinski definition) is 5. The molecule has 1 heterocycles. The van der Waals surface area contributed by atoms with Gasteiger partial charge in [-0.05, 0) is 30.5 Å². The van der Waals surface area contributed by atoms with E-state index in [1.807, 2.05) is 24.3 Å². The Labute approximate surface area is 162 Å². The summed E-state index contributed by atoms with van der Waals surface area (Å²) in [7, 11) is 0. The van der Waals surface area contributed by atoms with Crippen LogP contribution in [-0.4, -0.2) is 45.8 Å². The molecule has 0 bridgehead atoms. The SMILES string of the molecule is O=C(CCCc1ccc(N(CCCl)CCCl)cc1)On1c(O)ccc1O. The van der Waals surface area contributed by atoms with Gasteiger partial charge in [0.05, 0.1) is 0 Å². The third-order valence-electron chi connectivity index (χ3n) is 3.85. The van der Waals surface area contributed by atoms with E-state index in [9.17, 15) is 15.0 Å². The van der Waals surface area contributed by atoms with E-state index < -0.39 is 5.97 Å². The van der Waals surface area contributed by atoms with Gasteiger partial charge in [-0.25, -0.2) is 4.79 Å². The predicted molar refractivity (Wildman–Crippen MR) is 102 cm³/mol. The Balaban J connectivity index is 1.81. The zero-order chi connectivity index (χ0) is 18.9. The molecule has 6 nitrogen and oxygen atoms in total. The third kappa shape index (κ3) is 5.75. The van der Waals surface area contributed by atoms with Gasteiger partial charge in [-0.15, -0.1) is 27.9 Å². The van der Waals surface area contributed by atoms with E-state index in [0.717, 1.165) is 24.3 Å². The van der Waals surface area contributed by atoms with Crippen LogP contribution in [0.25, 0.3) is 0 Å². The number of benzene rings is 1. The summed E-state index contributed by atoms with van der Waals surface area (Å²) in [6.07, 6.45) is 1.47. The smallest absolute Gasteiger partial charge is 0.333 e. The van der Waals surface area contributed by atoms with Crippen LogP contribution in [0.15, 0.2) is 36.4 Å². The molecule has 0 saturated heterocycles. The molecule has 0 spiro atoms. The average molecular weight is 401 g/mol. The molecule has 142 valence electrons. The van der Waals surface area contributed by atoms with E-state index in [1.54, 1.807) is 0 Å². The van der Waals surface area contributed by atoms with Crippen molar-refractivity contribution in [2.75, 3.05) is 29.7 Å². The normalized spacial score (nSPS) is 10.7. The Hall–Kier alpha value is -2.05. The van der Waals surface area contributed by atoms with E-state index in [4.69, 9.17) is 28.0 Å². The van der Waals surface area contributed by atoms with Crippen molar-refractivity contribution in [1.82, 2.24) is 4.73 Å². The van der Waals surface area contributed by atoms with Gasteiger partial charge in [0, 0.05) is 49.1 Å². The molecule has 2 N–H and O–H groups in total. The lowest BCUT2D eigenvalue weighted by molar-refractivity contribution is -0.145. The van der Waals surface area contributed by atoms with Crippen molar-refractivity contribution in [3.63, 3.8) is 0 Å². The summed E-state index contributed by atoms with van der Waals surface area (Å²) in [5, 5.41) is 18.9. The molecule has 26 heavy (non-hydrogen) atoms. The van der Waals surface area contributed by atoms with Crippen molar-refractivity contribution in [3.05, 3.63) is 42.0 Å². The van der Waals surface area contributed by atoms with Gasteiger partial charge in [0.25, 0.3) is 0 Å². The highest BCUT2D eigenvalue weighted by atomic mass is 35.5. The maximum Gasteiger partial charge on any atom is 0.333 e. The van der Waals surface area contributed by atoms with Crippen LogP contribution in [0, 0.1) is 0 Å². The Morgan fingerprint density at radius 1 is 1.00 bits per heavy atom. The first-order valence-corrected chi connectivity index (χ1v) is 9.38. The van der Waals surface area contributed by atoms with Gasteiger partial charge in [0.1, 0.15) is 0 Å². The molecule has 1 aromatic heterocycles. The molecule has 1 aromatic carbocycles. The second kappa shape index (κ2) is 10.2. The molecular formula is C18H22Cl2N2O4. The van der Waals surface area contributed by atoms with Gasteiger partial charge in [-0.3, -0.25) is 0 Å². The van der Waals surface area contributed by atoms with E-state index in [1.165, 1.54) is 12.1 Å². The van der Waals surface area contributed by atoms with Crippen LogP contribution in [0.5, 0.6) is 11.8 Å². The first-order valence-electron chi connectivity index (χ1n) is 8.31. The minimum atomic E-state index is -0.529. The second-order valence-corrected chi connectivity index (χ2v) is 6.45. The van der Waals surface area contributed by atoms with Gasteiger partial charge in [0.2, 0.25) is 11.8 Å². The molecule has 0 atom stereocenters. The first kappa shape index (κ1) is 20.3. The van der Waals surface area contributed by atoms with Crippen LogP contribution in [0.4, 0.5) is 5.69 Å². The molecule has 2 rings (SSSR count). The van der Waals surface area contributed by atoms with Crippen LogP contribution < -0.4 is 9.74 Å². The van der Waals surface area contributed by atoms with Gasteiger partial charge in [0.15, 0.2) is 0 Å². The zero-order valence-electron chi connectivity index (χ0n) is 14.3. The molecule has 0 aliphatic rings. The van der Waals surface area contributed by atoms with Crippen molar-refractivity contribution >= 4 is 34.9 Å². The topological polar surface area (TPSA) is 74.9 Å². The summed E-state index contributed by atoms with van der Waals surface area (Å²) in [5.74, 6) is -0.117. The van der Waals surface area contributed by atoms with Gasteiger partial charge in [-0.2, -0.15) is 0 Å². The highest BCUT2D eigenvalue weighted by molar-refractivity contribution is 6.18. The number of hydrogen-bond donors (Lipinski definition) is 2. The number of carbonyl (C=O) groups excluding carboxylic acids is 1. The summed E-state index contributed by atoms with van der Waals surface area (Å²) in [6.45, 7) is 1.47. The second-order valence-electron chi connectivity index (χ2n) is 5.69. The monoisotopic (exact) mass is 400 g/mol. The molecule has 8 heteroatoms. The Bertz CT molecular complexity index is 678. The lowest BCUT2D eigenvalue weighted by Crippen LogP contribution is -2.27. The summed E-state index contributed by atoms with van der Waals surface area (Å²) < 4.78 is 0.694. The van der Waals surface area contributed by atoms with Crippen molar-refractivity contribution in [2.24, 2.45) is 0 Å². The Kier molecular flexibility index (Phi) is 7.94. The fourth-order valence-corrected chi connectivity index (χ4v) is 2.94. The molecule has 0 aliphatic heterocycles. The molecule has 0 fully saturated rings. The molecule has 0 saturated carbocycles. The molecule has 0 radical (unpaired) electrons. The predicted octanol–water partition coefficient (Wildman–Crippen LogP) is 3.16. The van der Waals surface area contributed by atoms with Crippen molar-refractivity contribution in [2.45, 2.75) is 19.3 Å². The van der Waals surface area contributed by atoms with E-state index in [-0.39, 0.29) is 18.2 Å². The van der Waals surface area contributed by atoms with Crippen LogP contribution in [0.3, 0.4) is 0 Å². The van der Waals surface area contributed by atoms with Crippen LogP contribution >= 0.6 is 23.2 Å². The number of anilines is 1. The van der Waals surface area contributed by atoms with Gasteiger partial charge >= 0.3 is 5.97 Å². The molecule has 0 amide bonds. The van der Waals surface area contributed by atoms with Crippen molar-refractivity contribution in [1.29, 1.82) is 0 Å². The summed E-state index contributed by atoms with van der Waals surface area (Å²) in [6, 6.07) is 10.5. The summed E-state index contributed by atoms with van der Waals surface area (Å²) in [4.78, 5) is 18.8. The number of carbonyl (C=O) groups is 1. The number of alkyl halides is 2. The minimum absolute atomic E-state index is 0.170. The van der Waals surface area contributed by atoms with Crippen molar-refractivity contribution in [3.8, 4) is 11.8 Å². The first-order chi connectivity index (χ1) is 12.5. The highest BCUT2D eigenvalue weighted by Gasteiger charge is 2.12. The van der Waals surface area contributed by atoms with E-state index >= 15 is 0 Å². The summed E-state index contributed by atoms with van der Waals surface area (Å²) in [5.41, 5.74) is 2.16. The molecule has 2 aromatic rings. The number of rotatable bonds is 10. The lowest BCUT2D eigenvalue weighted by atomic mass is 10.1. The fraction of sp³-hybridized carbons (Fsp3) is 0.389. The molecule has 0 aliphatic carbocycles. The number of nitrogens with zero attached hydrogens (tertiary/aromatic N) is 2. The number of halogens is 2. The Morgan fingerprint density at radius 3 is 2.12 bits per heavy atom. The zero-order valence-corrected chi connectivity index (χ0v) is 15.8. The number of aryl methyl sites for hydroxylation is 1. The van der Waals surface area contributed by atoms with Crippen LogP contribution in [0.2, 0.25) is 0 Å². The van der Waals surface area contributed by atoms with Gasteiger partial charge in [-0.1, -0.05) is 12.1 Å². The maximum atomic E-state index is 11.8. The van der Waals surface area contributed by atoms with Crippen LogP contribution in [0.1, 0.15) is 18.4 Å². The number of aromatic nitrogens is 1. The average Bonchev–Trinajstić information content (AvgIpc) is 2.94. The number of aromatic hydroxyl groups is 2.